The van der Waals surface area contributed by atoms with Crippen LogP contribution >= 0.6 is 0 Å². The molecular weight excluding hydrogens is 1730 g/mol. The fourth-order valence-corrected chi connectivity index (χ4v) is 8.71. The SMILES string of the molecule is COCCOCOCOCOCOCOCOCOCOCOCOCOCOCOCOCOCOCOCOCOCOCOCCOCCC(=O)CCCCCC(NC(=O)CCC(=O)NCC(=O)NC(CC(C)C)C(=O)NC(Cc1ccccc1)C(=O)NCC(=O)[N-]C([C-]=O)C(=O)O)C(C)=O.[NH-][C@H]1CCCC[C@@H]1[NH-].[Na+].[OH-].[Pt]. The average molecular weight is 1850 g/mol. The van der Waals surface area contributed by atoms with Crippen LogP contribution in [0.4, 0.5) is 0 Å². The number of Topliss-reactive ketones (excluding diaryl/α,β-unsaturated/α-hetero) is 2. The van der Waals surface area contributed by atoms with Gasteiger partial charge in [0.2, 0.25) is 29.5 Å². The molecule has 6 atom stereocenters. The van der Waals surface area contributed by atoms with Gasteiger partial charge >= 0.3 is 29.6 Å². The summed E-state index contributed by atoms with van der Waals surface area (Å²) in [6.45, 7) is 3.40. The van der Waals surface area contributed by atoms with Gasteiger partial charge in [-0.1, -0.05) is 82.7 Å². The number of hydrogen-bond acceptors (Lipinski definition) is 35. The van der Waals surface area contributed by atoms with Gasteiger partial charge in [0, 0.05) is 60.3 Å². The van der Waals surface area contributed by atoms with Crippen molar-refractivity contribution in [3.05, 3.63) is 52.7 Å². The summed E-state index contributed by atoms with van der Waals surface area (Å²) in [5.41, 5.74) is 15.2. The molecule has 664 valence electrons. The number of nitrogens with one attached hydrogen (secondary N) is 7. The fourth-order valence-electron chi connectivity index (χ4n) is 8.71. The Balaban J connectivity index is -0.0000107. The standard InChI is InChI=1S/C63H105N6O35.C6H12N2.Na.H2O.Pt/c1-49(2)23-54(62(78)69-55(24-51-11-7-5-8-12-51)61(77)65-26-60(76)68-56(27-70)63(79)80)67-59(75)25-64-57(73)15-16-58(74)66-53(50(3)71)14-10-6-9-13-52(72)17-18-82-21-22-84-29-86-31-88-33-90-35-92-37-94-39-96-41-98-43-100-45-102-47-104-48-103-46-101-44-99-42-97-40-95-38-93-36-91-34-89-32-87-30-85-28-83-20-19-81-4;7-5-3-1-2-4-6(5)8;;;/h5,7-8,11-12,49,53-56H,6,9-10,13-26,28-48H2,1-4H3,(H7,64,65,66,67,68,69,73,74,75,76,77,78,79,80);5-8H,1-4H2;;1H2;/q-1;-2;+1;;/p-2/t;5-,6-;;;/m.0.../s1. The third-order valence-electron chi connectivity index (χ3n) is 14.2. The van der Waals surface area contributed by atoms with Crippen molar-refractivity contribution in [1.82, 2.24) is 26.6 Å². The Morgan fingerprint density at radius 3 is 1.26 bits per heavy atom. The molecule has 1 aliphatic carbocycles. The molecule has 2 rings (SSSR count). The van der Waals surface area contributed by atoms with Crippen LogP contribution in [0.25, 0.3) is 16.8 Å². The van der Waals surface area contributed by atoms with Crippen LogP contribution in [0.1, 0.15) is 110 Å². The Morgan fingerprint density at radius 1 is 0.470 bits per heavy atom. The van der Waals surface area contributed by atoms with Gasteiger partial charge in [-0.2, -0.15) is 12.1 Å². The number of carboxylic acid groups (broad SMARTS) is 1. The Bertz CT molecular complexity index is 2570. The normalized spacial score (nSPS) is 14.0. The van der Waals surface area contributed by atoms with E-state index in [1.165, 1.54) is 19.8 Å². The predicted molar refractivity (Wildman–Crippen MR) is 385 cm³/mol. The largest absolute Gasteiger partial charge is 1.00 e. The number of ether oxygens (including phenoxy) is 24. The maximum Gasteiger partial charge on any atom is 1.00 e. The van der Waals surface area contributed by atoms with E-state index in [0.717, 1.165) is 19.1 Å². The first-order chi connectivity index (χ1) is 54.4. The Kier molecular flexibility index (Phi) is 82.3. The number of hydrogen-bond donors (Lipinski definition) is 6. The first-order valence-corrected chi connectivity index (χ1v) is 35.9. The second-order valence-corrected chi connectivity index (χ2v) is 24.0. The molecule has 0 bridgehead atoms. The average Bonchev–Trinajstić information content (AvgIpc) is 0.866. The number of ketones is 2. The van der Waals surface area contributed by atoms with Crippen LogP contribution in [0.5, 0.6) is 0 Å². The van der Waals surface area contributed by atoms with Crippen molar-refractivity contribution in [2.24, 2.45) is 5.92 Å². The van der Waals surface area contributed by atoms with E-state index in [-0.39, 0.29) is 280 Å². The molecule has 0 saturated heterocycles. The van der Waals surface area contributed by atoms with E-state index in [1.54, 1.807) is 51.3 Å². The molecule has 44 nitrogen and oxygen atoms in total. The van der Waals surface area contributed by atoms with Gasteiger partial charge in [0.25, 0.3) is 5.97 Å². The minimum absolute atomic E-state index is 0. The second kappa shape index (κ2) is 82.8. The molecule has 1 fully saturated rings. The molecule has 46 heteroatoms. The van der Waals surface area contributed by atoms with Gasteiger partial charge in [-0.3, -0.25) is 44.6 Å². The van der Waals surface area contributed by atoms with Crippen LogP contribution < -0.4 is 56.1 Å². The number of benzene rings is 1. The van der Waals surface area contributed by atoms with Crippen LogP contribution in [-0.4, -0.2) is 302 Å². The van der Waals surface area contributed by atoms with Crippen molar-refractivity contribution in [2.75, 3.05) is 196 Å². The fraction of sp³-hybridized carbons (Fsp3) is 0.768. The summed E-state index contributed by atoms with van der Waals surface area (Å²) in [7, 11) is 1.58. The molecule has 0 spiro atoms. The van der Waals surface area contributed by atoms with E-state index < -0.39 is 78.7 Å². The van der Waals surface area contributed by atoms with E-state index in [1.807, 2.05) is 0 Å². The molecule has 9 N–H and O–H groups in total. The van der Waals surface area contributed by atoms with Crippen LogP contribution in [-0.2, 0) is 189 Å². The van der Waals surface area contributed by atoms with E-state index in [0.29, 0.717) is 50.9 Å². The first kappa shape index (κ1) is 114. The number of nitrogens with zero attached hydrogens (tertiary/aromatic N) is 1. The Hall–Kier alpha value is -4.87. The second-order valence-electron chi connectivity index (χ2n) is 24.0. The van der Waals surface area contributed by atoms with E-state index in [4.69, 9.17) is 130 Å². The number of carbonyl (C=O) groups is 9. The summed E-state index contributed by atoms with van der Waals surface area (Å²) in [5, 5.41) is 24.6. The predicted octanol–water partition coefficient (Wildman–Crippen LogP) is -0.934. The van der Waals surface area contributed by atoms with Gasteiger partial charge in [0.05, 0.1) is 58.1 Å². The maximum absolute atomic E-state index is 13.6. The smallest absolute Gasteiger partial charge is 0.870 e. The summed E-state index contributed by atoms with van der Waals surface area (Å²) in [6, 6.07) is 3.00. The van der Waals surface area contributed by atoms with Crippen molar-refractivity contribution in [2.45, 2.75) is 147 Å². The number of carboxylic acids is 1. The van der Waals surface area contributed by atoms with Crippen molar-refractivity contribution < 1.29 is 223 Å². The molecule has 1 aromatic rings. The molecule has 6 amide bonds. The minimum Gasteiger partial charge on any atom is -0.870 e. The van der Waals surface area contributed by atoms with Gasteiger partial charge in [0.15, 0.2) is 135 Å². The van der Waals surface area contributed by atoms with Gasteiger partial charge < -0.3 is 177 Å². The topological polar surface area (TPSA) is 564 Å². The number of methoxy groups -OCH3 is 1. The van der Waals surface area contributed by atoms with E-state index in [2.05, 4.69) is 31.9 Å². The number of rotatable bonds is 77. The van der Waals surface area contributed by atoms with Crippen LogP contribution in [0.15, 0.2) is 30.3 Å². The van der Waals surface area contributed by atoms with Crippen molar-refractivity contribution in [1.29, 1.82) is 0 Å². The number of aliphatic carboxylic acids is 1. The monoisotopic (exact) mass is 1850 g/mol. The van der Waals surface area contributed by atoms with Crippen LogP contribution in [0, 0.1) is 5.92 Å². The summed E-state index contributed by atoms with van der Waals surface area (Å²) < 4.78 is 123. The Morgan fingerprint density at radius 2 is 0.870 bits per heavy atom. The third-order valence-corrected chi connectivity index (χ3v) is 14.2. The summed E-state index contributed by atoms with van der Waals surface area (Å²) in [5.74, 6) is -6.84. The van der Waals surface area contributed by atoms with Crippen molar-refractivity contribution in [3.8, 4) is 0 Å². The molecule has 0 radical (unpaired) electrons. The molecule has 1 aliphatic rings. The number of carbonyl (C=O) groups excluding carboxylic acids is 9. The Labute approximate surface area is 706 Å². The molecule has 115 heavy (non-hydrogen) atoms. The molecular formula is C69H117N8NaO36Pt-4. The molecule has 0 aromatic heterocycles. The van der Waals surface area contributed by atoms with Crippen LogP contribution in [0.3, 0.4) is 0 Å². The third kappa shape index (κ3) is 72.8. The van der Waals surface area contributed by atoms with Gasteiger partial charge in [0.1, 0.15) is 31.5 Å². The first-order valence-electron chi connectivity index (χ1n) is 35.9. The minimum atomic E-state index is -2.08. The maximum atomic E-state index is 13.6. The summed E-state index contributed by atoms with van der Waals surface area (Å²) >= 11 is 0. The number of amides is 6. The molecule has 0 heterocycles. The summed E-state index contributed by atoms with van der Waals surface area (Å²) in [4.78, 5) is 124. The van der Waals surface area contributed by atoms with E-state index in [9.17, 15) is 47.9 Å². The van der Waals surface area contributed by atoms with Crippen molar-refractivity contribution in [3.63, 3.8) is 0 Å². The molecule has 4 unspecified atom stereocenters. The van der Waals surface area contributed by atoms with Gasteiger partial charge in [-0.25, -0.2) is 0 Å². The number of unbranched alkanes of at least 4 members (excludes halogenated alkanes) is 2. The van der Waals surface area contributed by atoms with E-state index >= 15 is 0 Å². The zero-order valence-corrected chi connectivity index (χ0v) is 70.4. The molecule has 1 aromatic carbocycles. The van der Waals surface area contributed by atoms with Gasteiger partial charge in [-0.05, 0) is 37.7 Å². The quantitative estimate of drug-likeness (QED) is 0.0151. The molecule has 1 saturated carbocycles. The molecule has 0 aliphatic heterocycles. The summed E-state index contributed by atoms with van der Waals surface area (Å²) in [6.07, 6.45) is 7.34. The van der Waals surface area contributed by atoms with Crippen molar-refractivity contribution >= 4 is 59.3 Å². The zero-order valence-electron chi connectivity index (χ0n) is 66.2. The van der Waals surface area contributed by atoms with Crippen LogP contribution in [0.2, 0.25) is 0 Å². The van der Waals surface area contributed by atoms with Gasteiger partial charge in [-0.15, -0.1) is 6.04 Å². The zero-order chi connectivity index (χ0) is 82.0.